The first-order valence-electron chi connectivity index (χ1n) is 11.9. The molecule has 7 heteroatoms. The molecule has 0 spiro atoms. The molecule has 0 aliphatic carbocycles. The second kappa shape index (κ2) is 9.61. The third-order valence-corrected chi connectivity index (χ3v) is 17.9. The molecule has 1 saturated heterocycles. The second-order valence-electron chi connectivity index (χ2n) is 9.07. The fourth-order valence-electron chi connectivity index (χ4n) is 5.42. The van der Waals surface area contributed by atoms with Gasteiger partial charge in [0.1, 0.15) is 0 Å². The zero-order chi connectivity index (χ0) is 25.2. The molecular weight excluding hydrogens is 535 g/mol. The van der Waals surface area contributed by atoms with Crippen LogP contribution < -0.4 is 15.9 Å². The second-order valence-corrected chi connectivity index (χ2v) is 17.8. The maximum atomic E-state index is 14.3. The molecule has 1 fully saturated rings. The molecule has 0 saturated carbocycles. The number of hydrogen-bond donors (Lipinski definition) is 0. The van der Waals surface area contributed by atoms with Gasteiger partial charge in [-0.05, 0) is 0 Å². The first-order chi connectivity index (χ1) is 17.4. The molecule has 0 radical (unpaired) electrons. The van der Waals surface area contributed by atoms with Crippen LogP contribution in [0.15, 0.2) is 115 Å². The van der Waals surface area contributed by atoms with Gasteiger partial charge in [-0.2, -0.15) is 0 Å². The van der Waals surface area contributed by atoms with Crippen LogP contribution >= 0.6 is 20.8 Å². The molecule has 4 aromatic rings. The van der Waals surface area contributed by atoms with Gasteiger partial charge in [0.25, 0.3) is 0 Å². The van der Waals surface area contributed by atoms with E-state index in [2.05, 4.69) is 51.9 Å². The van der Waals surface area contributed by atoms with Crippen LogP contribution in [0.25, 0.3) is 0 Å². The number of benzene rings is 4. The molecule has 1 heterocycles. The van der Waals surface area contributed by atoms with Crippen LogP contribution in [-0.2, 0) is 11.3 Å². The van der Waals surface area contributed by atoms with Crippen molar-refractivity contribution >= 4 is 48.3 Å². The Labute approximate surface area is 218 Å². The molecule has 0 bridgehead atoms. The Morgan fingerprint density at radius 1 is 0.778 bits per heavy atom. The summed E-state index contributed by atoms with van der Waals surface area (Å²) >= 11 is 4.43. The van der Waals surface area contributed by atoms with Gasteiger partial charge in [-0.1, -0.05) is 0 Å². The zero-order valence-corrected chi connectivity index (χ0v) is 22.1. The van der Waals surface area contributed by atoms with Crippen molar-refractivity contribution in [1.82, 2.24) is 4.90 Å². The van der Waals surface area contributed by atoms with Crippen molar-refractivity contribution in [2.45, 2.75) is 18.6 Å². The Hall–Kier alpha value is -3.34. The fraction of sp³-hybridized carbons (Fsp3) is 0.138. The van der Waals surface area contributed by atoms with E-state index in [1.165, 1.54) is 12.1 Å². The van der Waals surface area contributed by atoms with E-state index >= 15 is 0 Å². The van der Waals surface area contributed by atoms with Crippen LogP contribution in [0.3, 0.4) is 0 Å². The third kappa shape index (κ3) is 3.85. The SMILES string of the molecule is O=C1C(P(Br)(c2ccccc2)(c2ccccc2)c2ccccc2)CCN1Cc1ccc([N+](=O)[O-])cc1. The zero-order valence-electron chi connectivity index (χ0n) is 19.6. The molecular formula is C29H26BrN2O3P. The summed E-state index contributed by atoms with van der Waals surface area (Å²) < 4.78 is 0. The van der Waals surface area contributed by atoms with Gasteiger partial charge < -0.3 is 0 Å². The van der Waals surface area contributed by atoms with Crippen molar-refractivity contribution in [1.29, 1.82) is 0 Å². The van der Waals surface area contributed by atoms with Crippen LogP contribution in [-0.4, -0.2) is 27.9 Å². The van der Waals surface area contributed by atoms with E-state index in [1.807, 2.05) is 59.5 Å². The Bertz CT molecular complexity index is 1280. The van der Waals surface area contributed by atoms with E-state index in [4.69, 9.17) is 0 Å². The fourth-order valence-corrected chi connectivity index (χ4v) is 14.1. The topological polar surface area (TPSA) is 63.5 Å². The number of nitro groups is 1. The predicted octanol–water partition coefficient (Wildman–Crippen LogP) is 5.54. The average molecular weight is 561 g/mol. The summed E-state index contributed by atoms with van der Waals surface area (Å²) in [6.45, 7) is 1.04. The number of carbonyl (C=O) groups excluding carboxylic acids is 1. The van der Waals surface area contributed by atoms with Crippen molar-refractivity contribution in [3.8, 4) is 0 Å². The number of hydrogen-bond acceptors (Lipinski definition) is 3. The average Bonchev–Trinajstić information content (AvgIpc) is 3.30. The van der Waals surface area contributed by atoms with Crippen molar-refractivity contribution in [2.75, 3.05) is 6.54 Å². The van der Waals surface area contributed by atoms with Crippen LogP contribution in [0, 0.1) is 10.1 Å². The van der Waals surface area contributed by atoms with E-state index in [9.17, 15) is 14.9 Å². The maximum absolute atomic E-state index is 14.3. The summed E-state index contributed by atoms with van der Waals surface area (Å²) in [6.07, 6.45) is 0.702. The minimum atomic E-state index is -3.43. The van der Waals surface area contributed by atoms with E-state index in [1.54, 1.807) is 12.1 Å². The van der Waals surface area contributed by atoms with Gasteiger partial charge >= 0.3 is 219 Å². The Morgan fingerprint density at radius 2 is 1.22 bits per heavy atom. The number of amides is 1. The summed E-state index contributed by atoms with van der Waals surface area (Å²) in [5, 5.41) is 11.0. The van der Waals surface area contributed by atoms with Gasteiger partial charge in [0.05, 0.1) is 0 Å². The molecule has 36 heavy (non-hydrogen) atoms. The monoisotopic (exact) mass is 560 g/mol. The van der Waals surface area contributed by atoms with Crippen molar-refractivity contribution in [3.05, 3.63) is 131 Å². The molecule has 1 aliphatic heterocycles. The molecule has 1 atom stereocenters. The molecule has 5 rings (SSSR count). The van der Waals surface area contributed by atoms with Crippen LogP contribution in [0.4, 0.5) is 5.69 Å². The number of nitrogens with zero attached hydrogens (tertiary/aromatic N) is 2. The van der Waals surface area contributed by atoms with Crippen molar-refractivity contribution in [3.63, 3.8) is 0 Å². The van der Waals surface area contributed by atoms with Crippen molar-refractivity contribution in [2.24, 2.45) is 0 Å². The Kier molecular flexibility index (Phi) is 6.50. The van der Waals surface area contributed by atoms with Gasteiger partial charge in [0.15, 0.2) is 0 Å². The number of nitro benzene ring substituents is 1. The van der Waals surface area contributed by atoms with E-state index < -0.39 is 10.2 Å². The molecule has 4 aromatic carbocycles. The van der Waals surface area contributed by atoms with E-state index in [0.717, 1.165) is 21.5 Å². The van der Waals surface area contributed by atoms with Gasteiger partial charge in [-0.25, -0.2) is 0 Å². The summed E-state index contributed by atoms with van der Waals surface area (Å²) in [4.78, 5) is 26.8. The number of carbonyl (C=O) groups is 1. The van der Waals surface area contributed by atoms with Gasteiger partial charge in [-0.3, -0.25) is 0 Å². The Balaban J connectivity index is 1.64. The Morgan fingerprint density at radius 3 is 1.64 bits per heavy atom. The molecule has 1 aliphatic rings. The third-order valence-electron chi connectivity index (χ3n) is 7.16. The van der Waals surface area contributed by atoms with E-state index in [0.29, 0.717) is 19.5 Å². The summed E-state index contributed by atoms with van der Waals surface area (Å²) in [6, 6.07) is 37.5. The number of halogens is 1. The standard InChI is InChI=1S/C29H26BrN2O3P/c30-36(25-10-4-1-5-11-25,26-12-6-2-7-13-26,27-14-8-3-9-15-27)28-20-21-31(29(28)33)22-23-16-18-24(19-17-23)32(34)35/h1-19,28H,20-22H2. The van der Waals surface area contributed by atoms with Crippen LogP contribution in [0.1, 0.15) is 12.0 Å². The number of non-ortho nitro benzene ring substituents is 1. The summed E-state index contributed by atoms with van der Waals surface area (Å²) in [5.74, 6) is 0.0967. The van der Waals surface area contributed by atoms with Gasteiger partial charge in [0.2, 0.25) is 0 Å². The normalized spacial score (nSPS) is 16.9. The molecule has 5 nitrogen and oxygen atoms in total. The first-order valence-corrected chi connectivity index (χ1v) is 16.2. The minimum absolute atomic E-state index is 0.0481. The summed E-state index contributed by atoms with van der Waals surface area (Å²) in [5.41, 5.74) is 0.636. The molecule has 182 valence electrons. The first kappa shape index (κ1) is 24.4. The van der Waals surface area contributed by atoms with Gasteiger partial charge in [0, 0.05) is 0 Å². The number of likely N-dealkylation sites (tertiary alicyclic amines) is 1. The molecule has 0 aromatic heterocycles. The molecule has 1 unspecified atom stereocenters. The number of rotatable bonds is 7. The molecule has 1 amide bonds. The van der Waals surface area contributed by atoms with Crippen LogP contribution in [0.2, 0.25) is 0 Å². The predicted molar refractivity (Wildman–Crippen MR) is 151 cm³/mol. The quantitative estimate of drug-likeness (QED) is 0.169. The van der Waals surface area contributed by atoms with Crippen LogP contribution in [0.5, 0.6) is 0 Å². The van der Waals surface area contributed by atoms with Gasteiger partial charge in [-0.15, -0.1) is 0 Å². The summed E-state index contributed by atoms with van der Waals surface area (Å²) in [7, 11) is 0. The van der Waals surface area contributed by atoms with Crippen molar-refractivity contribution < 1.29 is 9.72 Å². The molecule has 0 N–H and O–H groups in total. The van der Waals surface area contributed by atoms with E-state index in [-0.39, 0.29) is 17.3 Å².